The smallest absolute Gasteiger partial charge is 0.142 e. The third kappa shape index (κ3) is 3.53. The molecule has 0 aromatic heterocycles. The van der Waals surface area contributed by atoms with Crippen LogP contribution in [0.15, 0.2) is 40.9 Å². The number of aliphatic hydroxyl groups excluding tert-OH is 1. The maximum atomic E-state index is 13.3. The van der Waals surface area contributed by atoms with Gasteiger partial charge in [-0.2, -0.15) is 0 Å². The summed E-state index contributed by atoms with van der Waals surface area (Å²) in [4.78, 5) is 0. The molecule has 0 spiro atoms. The highest BCUT2D eigenvalue weighted by atomic mass is 79.9. The summed E-state index contributed by atoms with van der Waals surface area (Å²) in [6.07, 6.45) is -0.607. The Kier molecular flexibility index (Phi) is 4.55. The van der Waals surface area contributed by atoms with Gasteiger partial charge in [0.05, 0.1) is 15.6 Å². The van der Waals surface area contributed by atoms with Gasteiger partial charge in [0.2, 0.25) is 0 Å². The van der Waals surface area contributed by atoms with Crippen molar-refractivity contribution >= 4 is 27.5 Å². The number of rotatable bonds is 3. The third-order valence-electron chi connectivity index (χ3n) is 2.74. The van der Waals surface area contributed by atoms with Crippen molar-refractivity contribution in [3.8, 4) is 0 Å². The second-order valence-electron chi connectivity index (χ2n) is 4.14. The molecule has 2 aromatic carbocycles. The Balaban J connectivity index is 2.17. The second kappa shape index (κ2) is 5.99. The van der Waals surface area contributed by atoms with Crippen LogP contribution in [-0.4, -0.2) is 5.11 Å². The lowest BCUT2D eigenvalue weighted by Crippen LogP contribution is -2.02. The van der Waals surface area contributed by atoms with Crippen molar-refractivity contribution in [1.82, 2.24) is 0 Å². The summed E-state index contributed by atoms with van der Waals surface area (Å²) in [5.41, 5.74) is 1.18. The summed E-state index contributed by atoms with van der Waals surface area (Å²) in [5.74, 6) is -0.936. The molecule has 19 heavy (non-hydrogen) atoms. The van der Waals surface area contributed by atoms with E-state index >= 15 is 0 Å². The van der Waals surface area contributed by atoms with Crippen molar-refractivity contribution in [1.29, 1.82) is 0 Å². The Morgan fingerprint density at radius 3 is 2.47 bits per heavy atom. The highest BCUT2D eigenvalue weighted by molar-refractivity contribution is 9.10. The summed E-state index contributed by atoms with van der Waals surface area (Å²) in [6.45, 7) is 0. The zero-order valence-corrected chi connectivity index (χ0v) is 12.0. The first kappa shape index (κ1) is 14.4. The molecule has 1 N–H and O–H groups in total. The fraction of sp³-hybridized carbons (Fsp3) is 0.143. The Morgan fingerprint density at radius 1 is 1.11 bits per heavy atom. The average molecular weight is 348 g/mol. The third-order valence-corrected chi connectivity index (χ3v) is 3.66. The van der Waals surface area contributed by atoms with Crippen molar-refractivity contribution in [2.45, 2.75) is 12.5 Å². The van der Waals surface area contributed by atoms with Gasteiger partial charge in [-0.3, -0.25) is 0 Å². The molecule has 1 unspecified atom stereocenters. The van der Waals surface area contributed by atoms with Crippen molar-refractivity contribution in [2.75, 3.05) is 0 Å². The molecule has 2 aromatic rings. The molecule has 0 radical (unpaired) electrons. The lowest BCUT2D eigenvalue weighted by atomic mass is 10.0. The van der Waals surface area contributed by atoms with Gasteiger partial charge in [-0.25, -0.2) is 8.78 Å². The summed E-state index contributed by atoms with van der Waals surface area (Å²) < 4.78 is 26.7. The van der Waals surface area contributed by atoms with Crippen LogP contribution in [0, 0.1) is 11.6 Å². The second-order valence-corrected chi connectivity index (χ2v) is 5.40. The van der Waals surface area contributed by atoms with Crippen LogP contribution in [0.5, 0.6) is 0 Å². The molecule has 0 saturated heterocycles. The minimum absolute atomic E-state index is 0.0143. The number of hydrogen-bond donors (Lipinski definition) is 1. The van der Waals surface area contributed by atoms with Gasteiger partial charge in [-0.1, -0.05) is 23.7 Å². The van der Waals surface area contributed by atoms with Gasteiger partial charge in [0, 0.05) is 6.42 Å². The monoisotopic (exact) mass is 346 g/mol. The first-order valence-electron chi connectivity index (χ1n) is 5.54. The largest absolute Gasteiger partial charge is 0.388 e. The van der Waals surface area contributed by atoms with Gasteiger partial charge in [-0.05, 0) is 51.3 Å². The Labute approximate surface area is 123 Å². The fourth-order valence-electron chi connectivity index (χ4n) is 1.73. The predicted octanol–water partition coefficient (Wildman–Crippen LogP) is 4.66. The lowest BCUT2D eigenvalue weighted by Gasteiger charge is -2.12. The fourth-order valence-corrected chi connectivity index (χ4v) is 2.27. The summed E-state index contributed by atoms with van der Waals surface area (Å²) in [7, 11) is 0. The van der Waals surface area contributed by atoms with Crippen LogP contribution < -0.4 is 0 Å². The first-order chi connectivity index (χ1) is 8.97. The van der Waals surface area contributed by atoms with E-state index in [0.717, 1.165) is 5.56 Å². The number of aliphatic hydroxyl groups is 1. The molecule has 1 atom stereocenters. The molecule has 0 heterocycles. The van der Waals surface area contributed by atoms with Gasteiger partial charge < -0.3 is 5.11 Å². The molecule has 0 amide bonds. The van der Waals surface area contributed by atoms with Gasteiger partial charge in [0.1, 0.15) is 11.6 Å². The molecule has 0 aliphatic rings. The maximum absolute atomic E-state index is 13.3. The van der Waals surface area contributed by atoms with E-state index in [1.807, 2.05) is 0 Å². The van der Waals surface area contributed by atoms with Crippen molar-refractivity contribution < 1.29 is 13.9 Å². The average Bonchev–Trinajstić information content (AvgIpc) is 2.37. The summed E-state index contributed by atoms with van der Waals surface area (Å²) >= 11 is 8.66. The zero-order chi connectivity index (χ0) is 14.0. The van der Waals surface area contributed by atoms with E-state index in [1.54, 1.807) is 18.2 Å². The number of hydrogen-bond acceptors (Lipinski definition) is 1. The summed E-state index contributed by atoms with van der Waals surface area (Å²) in [6, 6.07) is 8.64. The Bertz CT molecular complexity index is 604. The van der Waals surface area contributed by atoms with Gasteiger partial charge in [0.15, 0.2) is 0 Å². The molecular weight excluding hydrogens is 338 g/mol. The van der Waals surface area contributed by atoms with E-state index in [9.17, 15) is 13.9 Å². The van der Waals surface area contributed by atoms with E-state index < -0.39 is 11.9 Å². The molecule has 0 fully saturated rings. The minimum Gasteiger partial charge on any atom is -0.388 e. The van der Waals surface area contributed by atoms with Crippen molar-refractivity contribution in [2.24, 2.45) is 0 Å². The van der Waals surface area contributed by atoms with E-state index in [1.165, 1.54) is 18.2 Å². The molecule has 0 bridgehead atoms. The Hall–Kier alpha value is -0.970. The highest BCUT2D eigenvalue weighted by Gasteiger charge is 2.12. The topological polar surface area (TPSA) is 20.2 Å². The lowest BCUT2D eigenvalue weighted by molar-refractivity contribution is 0.178. The van der Waals surface area contributed by atoms with Crippen LogP contribution >= 0.6 is 27.5 Å². The maximum Gasteiger partial charge on any atom is 0.142 e. The molecule has 0 aliphatic carbocycles. The van der Waals surface area contributed by atoms with E-state index in [4.69, 9.17) is 11.6 Å². The van der Waals surface area contributed by atoms with E-state index in [0.29, 0.717) is 10.0 Å². The number of halogens is 4. The van der Waals surface area contributed by atoms with Crippen LogP contribution in [-0.2, 0) is 6.42 Å². The molecule has 0 aliphatic heterocycles. The van der Waals surface area contributed by atoms with E-state index in [-0.39, 0.29) is 17.3 Å². The highest BCUT2D eigenvalue weighted by Crippen LogP contribution is 2.24. The van der Waals surface area contributed by atoms with Crippen LogP contribution in [0.25, 0.3) is 0 Å². The van der Waals surface area contributed by atoms with Crippen molar-refractivity contribution in [3.63, 3.8) is 0 Å². The van der Waals surface area contributed by atoms with Gasteiger partial charge in [-0.15, -0.1) is 0 Å². The van der Waals surface area contributed by atoms with Crippen molar-refractivity contribution in [3.05, 3.63) is 68.7 Å². The van der Waals surface area contributed by atoms with Crippen LogP contribution in [0.3, 0.4) is 0 Å². The normalized spacial score (nSPS) is 12.5. The molecule has 2 rings (SSSR count). The first-order valence-corrected chi connectivity index (χ1v) is 6.71. The van der Waals surface area contributed by atoms with Crippen LogP contribution in [0.2, 0.25) is 5.02 Å². The standard InChI is InChI=1S/C14H10BrClF2O/c15-10-5-8(1-4-12(10)17)6-14(19)9-2-3-11(16)13(18)7-9/h1-5,7,14,19H,6H2. The SMILES string of the molecule is OC(Cc1ccc(F)c(Br)c1)c1ccc(Cl)c(F)c1. The quantitative estimate of drug-likeness (QED) is 0.856. The van der Waals surface area contributed by atoms with Gasteiger partial charge in [0.25, 0.3) is 0 Å². The molecular formula is C14H10BrClF2O. The molecule has 0 saturated carbocycles. The summed E-state index contributed by atoms with van der Waals surface area (Å²) in [5, 5.41) is 10.0. The Morgan fingerprint density at radius 2 is 1.84 bits per heavy atom. The minimum atomic E-state index is -0.871. The van der Waals surface area contributed by atoms with Crippen LogP contribution in [0.1, 0.15) is 17.2 Å². The zero-order valence-electron chi connectivity index (χ0n) is 9.71. The van der Waals surface area contributed by atoms with Gasteiger partial charge >= 0.3 is 0 Å². The number of benzene rings is 2. The van der Waals surface area contributed by atoms with E-state index in [2.05, 4.69) is 15.9 Å². The molecule has 5 heteroatoms. The van der Waals surface area contributed by atoms with Crippen LogP contribution in [0.4, 0.5) is 8.78 Å². The molecule has 1 nitrogen and oxygen atoms in total. The predicted molar refractivity (Wildman–Crippen MR) is 74.2 cm³/mol. The molecule has 100 valence electrons.